The third-order valence-corrected chi connectivity index (χ3v) is 1.55. The van der Waals surface area contributed by atoms with Crippen LogP contribution in [0.25, 0.3) is 0 Å². The van der Waals surface area contributed by atoms with E-state index in [0.29, 0.717) is 11.4 Å². The molecule has 0 aliphatic heterocycles. The van der Waals surface area contributed by atoms with Crippen molar-refractivity contribution in [1.82, 2.24) is 4.98 Å². The van der Waals surface area contributed by atoms with Crippen LogP contribution in [0.15, 0.2) is 12.3 Å². The van der Waals surface area contributed by atoms with Gasteiger partial charge in [0.25, 0.3) is 0 Å². The lowest BCUT2D eigenvalue weighted by molar-refractivity contribution is 0.597. The Bertz CT molecular complexity index is 238. The van der Waals surface area contributed by atoms with Crippen molar-refractivity contribution in [3.63, 3.8) is 0 Å². The summed E-state index contributed by atoms with van der Waals surface area (Å²) in [6, 6.07) is 1.33. The van der Waals surface area contributed by atoms with Crippen molar-refractivity contribution in [3.05, 3.63) is 23.6 Å². The maximum Gasteiger partial charge on any atom is 0.131 e. The van der Waals surface area contributed by atoms with Crippen molar-refractivity contribution in [1.29, 1.82) is 0 Å². The number of nitrogens with two attached hydrogens (primary N) is 1. The topological polar surface area (TPSA) is 38.9 Å². The average molecular weight is 154 g/mol. The summed E-state index contributed by atoms with van der Waals surface area (Å²) in [4.78, 5) is 3.80. The van der Waals surface area contributed by atoms with Gasteiger partial charge in [0, 0.05) is 11.8 Å². The molecule has 3 heteroatoms. The number of pyridine rings is 1. The second kappa shape index (κ2) is 2.86. The number of nitrogen functional groups attached to an aromatic ring is 1. The summed E-state index contributed by atoms with van der Waals surface area (Å²) in [5, 5.41) is 0. The van der Waals surface area contributed by atoms with Crippen molar-refractivity contribution >= 4 is 5.82 Å². The van der Waals surface area contributed by atoms with Gasteiger partial charge in [-0.05, 0) is 12.0 Å². The molecule has 1 rings (SSSR count). The highest BCUT2D eigenvalue weighted by molar-refractivity contribution is 5.41. The molecule has 0 saturated heterocycles. The normalized spacial score (nSPS) is 10.5. The van der Waals surface area contributed by atoms with E-state index in [1.165, 1.54) is 12.3 Å². The number of rotatable bonds is 1. The average Bonchev–Trinajstić information content (AvgIpc) is 1.85. The first-order chi connectivity index (χ1) is 5.13. The van der Waals surface area contributed by atoms with E-state index < -0.39 is 0 Å². The highest BCUT2D eigenvalue weighted by Gasteiger charge is 2.09. The Balaban J connectivity index is 3.21. The Kier molecular flexibility index (Phi) is 2.08. The van der Waals surface area contributed by atoms with Gasteiger partial charge in [0.2, 0.25) is 0 Å². The fourth-order valence-corrected chi connectivity index (χ4v) is 1.04. The zero-order valence-electron chi connectivity index (χ0n) is 6.63. The molecule has 0 bridgehead atoms. The Morgan fingerprint density at radius 3 is 2.55 bits per heavy atom. The molecule has 0 amide bonds. The minimum atomic E-state index is -0.271. The largest absolute Gasteiger partial charge is 0.383 e. The standard InChI is InChI=1S/C8H11FN2/c1-5(2)7-6(9)3-4-11-8(7)10/h3-5H,1-2H3,(H2,10,11). The van der Waals surface area contributed by atoms with Gasteiger partial charge in [-0.2, -0.15) is 0 Å². The molecule has 0 unspecified atom stereocenters. The lowest BCUT2D eigenvalue weighted by atomic mass is 10.0. The molecule has 0 atom stereocenters. The minimum Gasteiger partial charge on any atom is -0.383 e. The van der Waals surface area contributed by atoms with E-state index in [-0.39, 0.29) is 11.7 Å². The second-order valence-electron chi connectivity index (χ2n) is 2.75. The quantitative estimate of drug-likeness (QED) is 0.671. The molecular formula is C8H11FN2. The molecule has 2 nitrogen and oxygen atoms in total. The lowest BCUT2D eigenvalue weighted by Crippen LogP contribution is -2.02. The second-order valence-corrected chi connectivity index (χ2v) is 2.75. The first-order valence-electron chi connectivity index (χ1n) is 3.52. The molecule has 1 heterocycles. The van der Waals surface area contributed by atoms with E-state index in [0.717, 1.165) is 0 Å². The monoisotopic (exact) mass is 154 g/mol. The van der Waals surface area contributed by atoms with Crippen LogP contribution in [0.3, 0.4) is 0 Å². The van der Waals surface area contributed by atoms with Crippen LogP contribution in [0.2, 0.25) is 0 Å². The third kappa shape index (κ3) is 1.48. The van der Waals surface area contributed by atoms with Gasteiger partial charge < -0.3 is 5.73 Å². The molecule has 0 fully saturated rings. The van der Waals surface area contributed by atoms with Gasteiger partial charge in [0.1, 0.15) is 11.6 Å². The number of anilines is 1. The van der Waals surface area contributed by atoms with Crippen molar-refractivity contribution in [2.24, 2.45) is 0 Å². The summed E-state index contributed by atoms with van der Waals surface area (Å²) in [6.07, 6.45) is 1.37. The summed E-state index contributed by atoms with van der Waals surface area (Å²) in [6.45, 7) is 3.77. The molecule has 0 aromatic carbocycles. The summed E-state index contributed by atoms with van der Waals surface area (Å²) in [5.74, 6) is 0.108. The van der Waals surface area contributed by atoms with E-state index in [1.54, 1.807) is 0 Å². The van der Waals surface area contributed by atoms with E-state index in [2.05, 4.69) is 4.98 Å². The minimum absolute atomic E-state index is 0.0868. The van der Waals surface area contributed by atoms with E-state index in [4.69, 9.17) is 5.73 Å². The molecule has 0 aliphatic rings. The van der Waals surface area contributed by atoms with Crippen LogP contribution in [0.4, 0.5) is 10.2 Å². The van der Waals surface area contributed by atoms with Crippen LogP contribution in [0, 0.1) is 5.82 Å². The molecule has 11 heavy (non-hydrogen) atoms. The van der Waals surface area contributed by atoms with Gasteiger partial charge in [-0.3, -0.25) is 0 Å². The van der Waals surface area contributed by atoms with Gasteiger partial charge in [0.15, 0.2) is 0 Å². The van der Waals surface area contributed by atoms with Crippen molar-refractivity contribution in [3.8, 4) is 0 Å². The van der Waals surface area contributed by atoms with Gasteiger partial charge in [0.05, 0.1) is 0 Å². The number of aromatic nitrogens is 1. The van der Waals surface area contributed by atoms with Gasteiger partial charge >= 0.3 is 0 Å². The van der Waals surface area contributed by atoms with E-state index in [1.807, 2.05) is 13.8 Å². The summed E-state index contributed by atoms with van der Waals surface area (Å²) >= 11 is 0. The van der Waals surface area contributed by atoms with Crippen molar-refractivity contribution < 1.29 is 4.39 Å². The van der Waals surface area contributed by atoms with Crippen LogP contribution in [0.5, 0.6) is 0 Å². The van der Waals surface area contributed by atoms with Crippen LogP contribution in [-0.4, -0.2) is 4.98 Å². The third-order valence-electron chi connectivity index (χ3n) is 1.55. The Morgan fingerprint density at radius 2 is 2.18 bits per heavy atom. The van der Waals surface area contributed by atoms with Crippen LogP contribution >= 0.6 is 0 Å². The molecule has 0 spiro atoms. The molecule has 0 aliphatic carbocycles. The number of hydrogen-bond acceptors (Lipinski definition) is 2. The van der Waals surface area contributed by atoms with Crippen LogP contribution in [0.1, 0.15) is 25.3 Å². The molecule has 60 valence electrons. The summed E-state index contributed by atoms with van der Waals surface area (Å²) in [5.41, 5.74) is 5.98. The Labute approximate surface area is 65.3 Å². The number of nitrogens with zero attached hydrogens (tertiary/aromatic N) is 1. The number of halogens is 1. The summed E-state index contributed by atoms with van der Waals surface area (Å²) in [7, 11) is 0. The zero-order chi connectivity index (χ0) is 8.43. The van der Waals surface area contributed by atoms with Crippen molar-refractivity contribution in [2.75, 3.05) is 5.73 Å². The van der Waals surface area contributed by atoms with E-state index >= 15 is 0 Å². The van der Waals surface area contributed by atoms with Crippen molar-refractivity contribution in [2.45, 2.75) is 19.8 Å². The fourth-order valence-electron chi connectivity index (χ4n) is 1.04. The predicted molar refractivity (Wildman–Crippen MR) is 42.7 cm³/mol. The molecule has 1 aromatic rings. The highest BCUT2D eigenvalue weighted by Crippen LogP contribution is 2.21. The maximum absolute atomic E-state index is 13.0. The zero-order valence-corrected chi connectivity index (χ0v) is 6.63. The van der Waals surface area contributed by atoms with Gasteiger partial charge in [-0.15, -0.1) is 0 Å². The molecule has 0 radical (unpaired) electrons. The Hall–Kier alpha value is -1.12. The van der Waals surface area contributed by atoms with E-state index in [9.17, 15) is 4.39 Å². The molecule has 1 aromatic heterocycles. The smallest absolute Gasteiger partial charge is 0.131 e. The Morgan fingerprint density at radius 1 is 1.55 bits per heavy atom. The van der Waals surface area contributed by atoms with Crippen LogP contribution < -0.4 is 5.73 Å². The van der Waals surface area contributed by atoms with Gasteiger partial charge in [-0.25, -0.2) is 9.37 Å². The molecular weight excluding hydrogens is 143 g/mol. The van der Waals surface area contributed by atoms with Crippen LogP contribution in [-0.2, 0) is 0 Å². The fraction of sp³-hybridized carbons (Fsp3) is 0.375. The molecule has 0 saturated carbocycles. The molecule has 2 N–H and O–H groups in total. The highest BCUT2D eigenvalue weighted by atomic mass is 19.1. The lowest BCUT2D eigenvalue weighted by Gasteiger charge is -2.08. The first-order valence-corrected chi connectivity index (χ1v) is 3.52. The SMILES string of the molecule is CC(C)c1c(F)ccnc1N. The van der Waals surface area contributed by atoms with Gasteiger partial charge in [-0.1, -0.05) is 13.8 Å². The first kappa shape index (κ1) is 7.98. The summed E-state index contributed by atoms with van der Waals surface area (Å²) < 4.78 is 13.0. The predicted octanol–water partition coefficient (Wildman–Crippen LogP) is 1.93. The number of hydrogen-bond donors (Lipinski definition) is 1. The maximum atomic E-state index is 13.0.